The SMILES string of the molecule is Cc1nn(C(C)C)c(C)c1NC(=O)CC(C)C. The molecule has 1 aromatic heterocycles. The average molecular weight is 237 g/mol. The van der Waals surface area contributed by atoms with Gasteiger partial charge in [-0.3, -0.25) is 9.48 Å². The van der Waals surface area contributed by atoms with Gasteiger partial charge in [0.15, 0.2) is 0 Å². The third-order valence-electron chi connectivity index (χ3n) is 2.67. The molecule has 0 unspecified atom stereocenters. The first kappa shape index (κ1) is 13.7. The van der Waals surface area contributed by atoms with E-state index in [-0.39, 0.29) is 5.91 Å². The summed E-state index contributed by atoms with van der Waals surface area (Å²) < 4.78 is 1.94. The summed E-state index contributed by atoms with van der Waals surface area (Å²) in [5.41, 5.74) is 2.77. The predicted octanol–water partition coefficient (Wildman–Crippen LogP) is 3.07. The average Bonchev–Trinajstić information content (AvgIpc) is 2.44. The predicted molar refractivity (Wildman–Crippen MR) is 70.2 cm³/mol. The molecule has 0 bridgehead atoms. The molecule has 0 atom stereocenters. The van der Waals surface area contributed by atoms with Gasteiger partial charge in [-0.1, -0.05) is 13.8 Å². The van der Waals surface area contributed by atoms with Crippen molar-refractivity contribution in [3.63, 3.8) is 0 Å². The number of carbonyl (C=O) groups is 1. The van der Waals surface area contributed by atoms with Crippen LogP contribution in [-0.2, 0) is 4.79 Å². The number of aromatic nitrogens is 2. The third-order valence-corrected chi connectivity index (χ3v) is 2.67. The second-order valence-corrected chi connectivity index (χ2v) is 5.23. The quantitative estimate of drug-likeness (QED) is 0.874. The molecular weight excluding hydrogens is 214 g/mol. The van der Waals surface area contributed by atoms with E-state index < -0.39 is 0 Å². The highest BCUT2D eigenvalue weighted by Gasteiger charge is 2.15. The molecule has 0 aliphatic heterocycles. The van der Waals surface area contributed by atoms with Crippen LogP contribution in [0.4, 0.5) is 5.69 Å². The second kappa shape index (κ2) is 5.34. The summed E-state index contributed by atoms with van der Waals surface area (Å²) in [4.78, 5) is 11.8. The lowest BCUT2D eigenvalue weighted by Gasteiger charge is -2.10. The Morgan fingerprint density at radius 3 is 2.29 bits per heavy atom. The number of amides is 1. The highest BCUT2D eigenvalue weighted by molar-refractivity contribution is 5.92. The maximum absolute atomic E-state index is 11.8. The van der Waals surface area contributed by atoms with E-state index in [9.17, 15) is 4.79 Å². The Morgan fingerprint density at radius 1 is 1.29 bits per heavy atom. The molecule has 96 valence electrons. The van der Waals surface area contributed by atoms with E-state index in [0.29, 0.717) is 18.4 Å². The molecule has 0 saturated heterocycles. The normalized spacial score (nSPS) is 11.3. The van der Waals surface area contributed by atoms with Crippen molar-refractivity contribution in [2.45, 2.75) is 54.0 Å². The maximum Gasteiger partial charge on any atom is 0.224 e. The number of carbonyl (C=O) groups excluding carboxylic acids is 1. The molecule has 4 nitrogen and oxygen atoms in total. The molecule has 1 heterocycles. The van der Waals surface area contributed by atoms with Crippen LogP contribution in [0.3, 0.4) is 0 Å². The molecule has 4 heteroatoms. The summed E-state index contributed by atoms with van der Waals surface area (Å²) in [6.07, 6.45) is 0.547. The van der Waals surface area contributed by atoms with Gasteiger partial charge in [0.2, 0.25) is 5.91 Å². The van der Waals surface area contributed by atoms with E-state index in [0.717, 1.165) is 17.1 Å². The molecule has 0 spiro atoms. The lowest BCUT2D eigenvalue weighted by molar-refractivity contribution is -0.116. The first-order chi connectivity index (χ1) is 7.82. The Balaban J connectivity index is 2.88. The Labute approximate surface area is 103 Å². The summed E-state index contributed by atoms with van der Waals surface area (Å²) in [7, 11) is 0. The second-order valence-electron chi connectivity index (χ2n) is 5.23. The number of nitrogens with one attached hydrogen (secondary N) is 1. The molecular formula is C13H23N3O. The van der Waals surface area contributed by atoms with Crippen LogP contribution in [-0.4, -0.2) is 15.7 Å². The van der Waals surface area contributed by atoms with E-state index in [1.165, 1.54) is 0 Å². The van der Waals surface area contributed by atoms with Crippen LogP contribution in [0.1, 0.15) is 51.5 Å². The van der Waals surface area contributed by atoms with Crippen LogP contribution in [0.5, 0.6) is 0 Å². The van der Waals surface area contributed by atoms with Crippen molar-refractivity contribution in [1.82, 2.24) is 9.78 Å². The molecule has 0 saturated carbocycles. The van der Waals surface area contributed by atoms with Gasteiger partial charge in [0.05, 0.1) is 17.1 Å². The fourth-order valence-corrected chi connectivity index (χ4v) is 1.91. The number of hydrogen-bond acceptors (Lipinski definition) is 2. The number of nitrogens with zero attached hydrogens (tertiary/aromatic N) is 2. The van der Waals surface area contributed by atoms with E-state index in [1.807, 2.05) is 32.4 Å². The van der Waals surface area contributed by atoms with Crippen LogP contribution in [0, 0.1) is 19.8 Å². The first-order valence-corrected chi connectivity index (χ1v) is 6.18. The van der Waals surface area contributed by atoms with E-state index in [1.54, 1.807) is 0 Å². The Kier molecular flexibility index (Phi) is 4.32. The van der Waals surface area contributed by atoms with Gasteiger partial charge >= 0.3 is 0 Å². The molecule has 1 aromatic rings. The zero-order valence-electron chi connectivity index (χ0n) is 11.7. The fraction of sp³-hybridized carbons (Fsp3) is 0.692. The smallest absolute Gasteiger partial charge is 0.224 e. The van der Waals surface area contributed by atoms with Crippen LogP contribution in [0.25, 0.3) is 0 Å². The van der Waals surface area contributed by atoms with Crippen molar-refractivity contribution in [1.29, 1.82) is 0 Å². The molecule has 17 heavy (non-hydrogen) atoms. The minimum atomic E-state index is 0.0644. The number of anilines is 1. The molecule has 1 amide bonds. The highest BCUT2D eigenvalue weighted by atomic mass is 16.1. The molecule has 0 radical (unpaired) electrons. The fourth-order valence-electron chi connectivity index (χ4n) is 1.91. The van der Waals surface area contributed by atoms with E-state index in [4.69, 9.17) is 0 Å². The van der Waals surface area contributed by atoms with E-state index in [2.05, 4.69) is 24.3 Å². The van der Waals surface area contributed by atoms with Crippen molar-refractivity contribution >= 4 is 11.6 Å². The maximum atomic E-state index is 11.8. The van der Waals surface area contributed by atoms with Gasteiger partial charge < -0.3 is 5.32 Å². The largest absolute Gasteiger partial charge is 0.323 e. The summed E-state index contributed by atoms with van der Waals surface area (Å²) in [6.45, 7) is 12.2. The minimum Gasteiger partial charge on any atom is -0.323 e. The third kappa shape index (κ3) is 3.32. The van der Waals surface area contributed by atoms with Crippen molar-refractivity contribution in [2.24, 2.45) is 5.92 Å². The van der Waals surface area contributed by atoms with Gasteiger partial charge in [0.25, 0.3) is 0 Å². The molecule has 0 fully saturated rings. The lowest BCUT2D eigenvalue weighted by Crippen LogP contribution is -2.15. The Hall–Kier alpha value is -1.32. The molecule has 0 aliphatic rings. The van der Waals surface area contributed by atoms with Gasteiger partial charge in [-0.2, -0.15) is 5.10 Å². The zero-order valence-corrected chi connectivity index (χ0v) is 11.7. The van der Waals surface area contributed by atoms with Crippen molar-refractivity contribution in [3.8, 4) is 0 Å². The molecule has 1 rings (SSSR count). The van der Waals surface area contributed by atoms with Gasteiger partial charge in [-0.25, -0.2) is 0 Å². The molecule has 0 aromatic carbocycles. The minimum absolute atomic E-state index is 0.0644. The highest BCUT2D eigenvalue weighted by Crippen LogP contribution is 2.22. The first-order valence-electron chi connectivity index (χ1n) is 6.18. The van der Waals surface area contributed by atoms with E-state index >= 15 is 0 Å². The standard InChI is InChI=1S/C13H23N3O/c1-8(2)7-12(17)14-13-10(5)15-16(9(3)4)11(13)6/h8-9H,7H2,1-6H3,(H,14,17). The zero-order chi connectivity index (χ0) is 13.2. The Morgan fingerprint density at radius 2 is 1.88 bits per heavy atom. The van der Waals surface area contributed by atoms with Crippen molar-refractivity contribution < 1.29 is 4.79 Å². The number of hydrogen-bond donors (Lipinski definition) is 1. The van der Waals surface area contributed by atoms with Crippen LogP contribution >= 0.6 is 0 Å². The van der Waals surface area contributed by atoms with Crippen molar-refractivity contribution in [2.75, 3.05) is 5.32 Å². The summed E-state index contributed by atoms with van der Waals surface area (Å²) in [5, 5.41) is 7.41. The van der Waals surface area contributed by atoms with Gasteiger partial charge in [-0.05, 0) is 33.6 Å². The number of rotatable bonds is 4. The topological polar surface area (TPSA) is 46.9 Å². The molecule has 0 aliphatic carbocycles. The Bertz CT molecular complexity index is 405. The summed E-state index contributed by atoms with van der Waals surface area (Å²) in [5.74, 6) is 0.435. The lowest BCUT2D eigenvalue weighted by atomic mass is 10.1. The summed E-state index contributed by atoms with van der Waals surface area (Å²) in [6, 6.07) is 0.310. The van der Waals surface area contributed by atoms with Gasteiger partial charge in [0.1, 0.15) is 0 Å². The van der Waals surface area contributed by atoms with Crippen LogP contribution < -0.4 is 5.32 Å². The van der Waals surface area contributed by atoms with Crippen molar-refractivity contribution in [3.05, 3.63) is 11.4 Å². The molecule has 1 N–H and O–H groups in total. The summed E-state index contributed by atoms with van der Waals surface area (Å²) >= 11 is 0. The number of aryl methyl sites for hydroxylation is 1. The van der Waals surface area contributed by atoms with Gasteiger partial charge in [0, 0.05) is 12.5 Å². The van der Waals surface area contributed by atoms with Gasteiger partial charge in [-0.15, -0.1) is 0 Å². The van der Waals surface area contributed by atoms with Crippen LogP contribution in [0.15, 0.2) is 0 Å². The monoisotopic (exact) mass is 237 g/mol. The van der Waals surface area contributed by atoms with Crippen LogP contribution in [0.2, 0.25) is 0 Å².